The minimum atomic E-state index is -0.253. The quantitative estimate of drug-likeness (QED) is 0.696. The smallest absolute Gasteiger partial charge is 0.257 e. The van der Waals surface area contributed by atoms with Gasteiger partial charge in [0, 0.05) is 25.8 Å². The molecule has 0 aliphatic carbocycles. The van der Waals surface area contributed by atoms with Gasteiger partial charge in [0.25, 0.3) is 5.91 Å². The van der Waals surface area contributed by atoms with Gasteiger partial charge in [-0.1, -0.05) is 12.1 Å². The van der Waals surface area contributed by atoms with Crippen molar-refractivity contribution in [2.45, 2.75) is 0 Å². The molecule has 4 rings (SSSR count). The van der Waals surface area contributed by atoms with Crippen molar-refractivity contribution in [3.63, 3.8) is 0 Å². The van der Waals surface area contributed by atoms with Crippen molar-refractivity contribution in [3.8, 4) is 5.75 Å². The first kappa shape index (κ1) is 17.4. The molecular weight excluding hydrogens is 348 g/mol. The summed E-state index contributed by atoms with van der Waals surface area (Å²) < 4.78 is 12.7. The Bertz CT molecular complexity index is 922. The van der Waals surface area contributed by atoms with E-state index >= 15 is 0 Å². The molecule has 1 amide bonds. The largest absolute Gasteiger partial charge is 0.490 e. The maximum atomic E-state index is 12.6. The number of morpholine rings is 1. The number of ether oxygens (including phenoxy) is 2. The number of nitrogens with zero attached hydrogens (tertiary/aromatic N) is 5. The molecule has 2 aromatic heterocycles. The summed E-state index contributed by atoms with van der Waals surface area (Å²) in [4.78, 5) is 14.9. The van der Waals surface area contributed by atoms with Crippen LogP contribution in [-0.2, 0) is 4.74 Å². The van der Waals surface area contributed by atoms with Gasteiger partial charge in [-0.05, 0) is 34.7 Å². The van der Waals surface area contributed by atoms with Gasteiger partial charge < -0.3 is 14.8 Å². The molecule has 0 bridgehead atoms. The third kappa shape index (κ3) is 4.21. The van der Waals surface area contributed by atoms with Crippen molar-refractivity contribution in [1.29, 1.82) is 0 Å². The summed E-state index contributed by atoms with van der Waals surface area (Å²) in [6.07, 6.45) is 1.59. The predicted octanol–water partition coefficient (Wildman–Crippen LogP) is 1.09. The van der Waals surface area contributed by atoms with Crippen molar-refractivity contribution in [1.82, 2.24) is 24.9 Å². The second kappa shape index (κ2) is 8.11. The van der Waals surface area contributed by atoms with Crippen molar-refractivity contribution in [2.24, 2.45) is 0 Å². The number of nitrogens with one attached hydrogen (secondary N) is 1. The normalized spacial score (nSPS) is 15.0. The fraction of sp³-hybridized carbons (Fsp3) is 0.333. The molecule has 3 heterocycles. The van der Waals surface area contributed by atoms with Crippen LogP contribution in [-0.4, -0.2) is 70.3 Å². The molecule has 9 heteroatoms. The molecule has 0 unspecified atom stereocenters. The van der Waals surface area contributed by atoms with Gasteiger partial charge in [0.2, 0.25) is 0 Å². The minimum absolute atomic E-state index is 0.253. The monoisotopic (exact) mass is 368 g/mol. The molecule has 9 nitrogen and oxygen atoms in total. The highest BCUT2D eigenvalue weighted by molar-refractivity contribution is 6.04. The number of tetrazole rings is 1. The van der Waals surface area contributed by atoms with Gasteiger partial charge in [-0.15, -0.1) is 5.10 Å². The van der Waals surface area contributed by atoms with Gasteiger partial charge in [-0.25, -0.2) is 0 Å². The first-order valence-electron chi connectivity index (χ1n) is 8.81. The summed E-state index contributed by atoms with van der Waals surface area (Å²) >= 11 is 0. The number of para-hydroxylation sites is 2. The SMILES string of the molecule is O=C(Nc1ccccc1OCCN1CCOCC1)c1ccc2nnnn2c1. The number of hydrogen-bond donors (Lipinski definition) is 1. The molecule has 1 aliphatic heterocycles. The Labute approximate surface area is 155 Å². The molecule has 140 valence electrons. The van der Waals surface area contributed by atoms with Gasteiger partial charge in [-0.2, -0.15) is 4.52 Å². The van der Waals surface area contributed by atoms with Crippen LogP contribution in [0.25, 0.3) is 5.65 Å². The molecule has 0 spiro atoms. The molecule has 1 fully saturated rings. The zero-order valence-corrected chi connectivity index (χ0v) is 14.7. The van der Waals surface area contributed by atoms with Crippen LogP contribution in [0.5, 0.6) is 5.75 Å². The highest BCUT2D eigenvalue weighted by Crippen LogP contribution is 2.24. The maximum absolute atomic E-state index is 12.6. The number of hydrogen-bond acceptors (Lipinski definition) is 7. The van der Waals surface area contributed by atoms with E-state index in [1.54, 1.807) is 18.3 Å². The lowest BCUT2D eigenvalue weighted by Gasteiger charge is -2.26. The van der Waals surface area contributed by atoms with Crippen LogP contribution in [0.2, 0.25) is 0 Å². The molecule has 0 radical (unpaired) electrons. The Kier molecular flexibility index (Phi) is 5.22. The molecule has 1 N–H and O–H groups in total. The third-order valence-electron chi connectivity index (χ3n) is 4.36. The molecule has 1 aliphatic rings. The summed E-state index contributed by atoms with van der Waals surface area (Å²) in [6.45, 7) is 4.73. The van der Waals surface area contributed by atoms with Gasteiger partial charge >= 0.3 is 0 Å². The number of anilines is 1. The van der Waals surface area contributed by atoms with Crippen LogP contribution >= 0.6 is 0 Å². The first-order valence-corrected chi connectivity index (χ1v) is 8.81. The fourth-order valence-corrected chi connectivity index (χ4v) is 2.88. The Morgan fingerprint density at radius 1 is 1.19 bits per heavy atom. The highest BCUT2D eigenvalue weighted by Gasteiger charge is 2.13. The van der Waals surface area contributed by atoms with E-state index in [1.807, 2.05) is 24.3 Å². The van der Waals surface area contributed by atoms with E-state index in [0.717, 1.165) is 32.8 Å². The van der Waals surface area contributed by atoms with Gasteiger partial charge in [0.15, 0.2) is 5.65 Å². The average Bonchev–Trinajstić information content (AvgIpc) is 3.18. The van der Waals surface area contributed by atoms with E-state index in [1.165, 1.54) is 4.52 Å². The van der Waals surface area contributed by atoms with Crippen LogP contribution in [0.1, 0.15) is 10.4 Å². The van der Waals surface area contributed by atoms with Crippen LogP contribution in [0, 0.1) is 0 Å². The topological polar surface area (TPSA) is 93.9 Å². The number of amides is 1. The predicted molar refractivity (Wildman–Crippen MR) is 97.9 cm³/mol. The number of fused-ring (bicyclic) bond motifs is 1. The van der Waals surface area contributed by atoms with Gasteiger partial charge in [0.1, 0.15) is 12.4 Å². The molecule has 0 saturated carbocycles. The summed E-state index contributed by atoms with van der Waals surface area (Å²) in [5, 5.41) is 14.1. The fourth-order valence-electron chi connectivity index (χ4n) is 2.88. The number of carbonyl (C=O) groups is 1. The van der Waals surface area contributed by atoms with Crippen LogP contribution < -0.4 is 10.1 Å². The molecule has 3 aromatic rings. The molecule has 1 aromatic carbocycles. The number of rotatable bonds is 6. The van der Waals surface area contributed by atoms with Gasteiger partial charge in [0.05, 0.1) is 24.5 Å². The Balaban J connectivity index is 1.40. The van der Waals surface area contributed by atoms with E-state index < -0.39 is 0 Å². The Morgan fingerprint density at radius 2 is 2.04 bits per heavy atom. The number of pyridine rings is 1. The van der Waals surface area contributed by atoms with Crippen LogP contribution in [0.15, 0.2) is 42.6 Å². The van der Waals surface area contributed by atoms with E-state index in [9.17, 15) is 4.79 Å². The third-order valence-corrected chi connectivity index (χ3v) is 4.36. The Morgan fingerprint density at radius 3 is 2.93 bits per heavy atom. The van der Waals surface area contributed by atoms with E-state index in [0.29, 0.717) is 29.3 Å². The van der Waals surface area contributed by atoms with Crippen molar-refractivity contribution in [3.05, 3.63) is 48.2 Å². The van der Waals surface area contributed by atoms with E-state index in [2.05, 4.69) is 25.7 Å². The second-order valence-electron chi connectivity index (χ2n) is 6.15. The number of benzene rings is 1. The summed E-state index contributed by atoms with van der Waals surface area (Å²) in [6, 6.07) is 10.8. The van der Waals surface area contributed by atoms with Crippen molar-refractivity contribution < 1.29 is 14.3 Å². The van der Waals surface area contributed by atoms with Crippen molar-refractivity contribution in [2.75, 3.05) is 44.8 Å². The lowest BCUT2D eigenvalue weighted by molar-refractivity contribution is 0.0323. The van der Waals surface area contributed by atoms with Gasteiger partial charge in [-0.3, -0.25) is 9.69 Å². The number of carbonyl (C=O) groups excluding carboxylic acids is 1. The lowest BCUT2D eigenvalue weighted by Crippen LogP contribution is -2.38. The van der Waals surface area contributed by atoms with Crippen LogP contribution in [0.4, 0.5) is 5.69 Å². The summed E-state index contributed by atoms with van der Waals surface area (Å²) in [7, 11) is 0. The van der Waals surface area contributed by atoms with E-state index in [4.69, 9.17) is 9.47 Å². The maximum Gasteiger partial charge on any atom is 0.257 e. The number of aromatic nitrogens is 4. The standard InChI is InChI=1S/C18H20N6O3/c25-18(14-5-6-17-20-21-22-24(17)13-14)19-15-3-1-2-4-16(15)27-12-9-23-7-10-26-11-8-23/h1-6,13H,7-12H2,(H,19,25). The van der Waals surface area contributed by atoms with Crippen molar-refractivity contribution >= 4 is 17.2 Å². The minimum Gasteiger partial charge on any atom is -0.490 e. The lowest BCUT2D eigenvalue weighted by atomic mass is 10.2. The molecule has 0 atom stereocenters. The molecule has 1 saturated heterocycles. The summed E-state index contributed by atoms with van der Waals surface area (Å²) in [5.41, 5.74) is 1.66. The second-order valence-corrected chi connectivity index (χ2v) is 6.15. The highest BCUT2D eigenvalue weighted by atomic mass is 16.5. The molecular formula is C18H20N6O3. The summed E-state index contributed by atoms with van der Waals surface area (Å²) in [5.74, 6) is 0.388. The Hall–Kier alpha value is -3.04. The average molecular weight is 368 g/mol. The first-order chi connectivity index (χ1) is 13.3. The zero-order chi connectivity index (χ0) is 18.5. The van der Waals surface area contributed by atoms with Crippen LogP contribution in [0.3, 0.4) is 0 Å². The molecule has 27 heavy (non-hydrogen) atoms. The van der Waals surface area contributed by atoms with E-state index in [-0.39, 0.29) is 5.91 Å². The zero-order valence-electron chi connectivity index (χ0n) is 14.7.